The number of hydrogen-bond donors (Lipinski definition) is 5. The Balaban J connectivity index is 0.622. The number of carboxylic acid groups (broad SMARTS) is 1. The van der Waals surface area contributed by atoms with Crippen molar-refractivity contribution in [2.45, 2.75) is 45.1 Å². The molecule has 5 aromatic carbocycles. The van der Waals surface area contributed by atoms with Gasteiger partial charge in [-0.15, -0.1) is 0 Å². The first-order valence-corrected chi connectivity index (χ1v) is 26.0. The van der Waals surface area contributed by atoms with Crippen LogP contribution in [0, 0.1) is 18.8 Å². The minimum atomic E-state index is -4.40. The van der Waals surface area contributed by atoms with Gasteiger partial charge in [0.1, 0.15) is 31.2 Å². The topological polar surface area (TPSA) is 178 Å². The molecule has 1 aliphatic heterocycles. The zero-order chi connectivity index (χ0) is 54.6. The number of fused-ring (bicyclic) bond motifs is 3. The van der Waals surface area contributed by atoms with Crippen LogP contribution in [0.4, 0.5) is 24.5 Å². The van der Waals surface area contributed by atoms with E-state index in [9.17, 15) is 27.9 Å². The number of benzene rings is 5. The number of aryl methyl sites for hydroxylation is 1. The minimum absolute atomic E-state index is 0.130. The van der Waals surface area contributed by atoms with E-state index in [4.69, 9.17) is 35.3 Å². The number of nitrogens with zero attached hydrogens (tertiary/aromatic N) is 4. The number of aromatic carboxylic acids is 1. The van der Waals surface area contributed by atoms with Gasteiger partial charge in [-0.2, -0.15) is 18.2 Å². The summed E-state index contributed by atoms with van der Waals surface area (Å²) in [7, 11) is 2.09. The number of alkyl halides is 3. The molecule has 408 valence electrons. The van der Waals surface area contributed by atoms with Crippen LogP contribution in [0.15, 0.2) is 109 Å². The minimum Gasteiger partial charge on any atom is -0.491 e. The van der Waals surface area contributed by atoms with Gasteiger partial charge in [0.15, 0.2) is 0 Å². The summed E-state index contributed by atoms with van der Waals surface area (Å²) in [6.07, 6.45) is -0.607. The van der Waals surface area contributed by atoms with Crippen LogP contribution in [0.1, 0.15) is 34.5 Å². The van der Waals surface area contributed by atoms with Gasteiger partial charge in [0.2, 0.25) is 5.91 Å². The van der Waals surface area contributed by atoms with Crippen molar-refractivity contribution in [2.24, 2.45) is 0 Å². The van der Waals surface area contributed by atoms with Gasteiger partial charge in [-0.25, -0.2) is 4.79 Å². The largest absolute Gasteiger partial charge is 0.491 e. The number of carboxylic acids is 1. The fourth-order valence-corrected chi connectivity index (χ4v) is 9.48. The lowest BCUT2D eigenvalue weighted by molar-refractivity contribution is -0.140. The number of rotatable bonds is 24. The molecule has 0 bridgehead atoms. The number of nitrogens with one attached hydrogen (secondary N) is 4. The lowest BCUT2D eigenvalue weighted by Crippen LogP contribution is -2.36. The van der Waals surface area contributed by atoms with E-state index >= 15 is 0 Å². The number of H-pyrrole nitrogens is 1. The summed E-state index contributed by atoms with van der Waals surface area (Å²) in [4.78, 5) is 34.3. The van der Waals surface area contributed by atoms with Crippen LogP contribution in [0.5, 0.6) is 17.5 Å². The predicted molar refractivity (Wildman–Crippen MR) is 295 cm³/mol. The molecule has 0 unspecified atom stereocenters. The van der Waals surface area contributed by atoms with E-state index in [1.54, 1.807) is 43.3 Å². The molecule has 20 heteroatoms. The maximum absolute atomic E-state index is 13.7. The third kappa shape index (κ3) is 14.6. The van der Waals surface area contributed by atoms with Gasteiger partial charge in [0, 0.05) is 52.0 Å². The Labute approximate surface area is 453 Å². The highest BCUT2D eigenvalue weighted by Gasteiger charge is 2.30. The summed E-state index contributed by atoms with van der Waals surface area (Å²) in [6, 6.07) is 31.2. The van der Waals surface area contributed by atoms with E-state index in [-0.39, 0.29) is 36.6 Å². The SMILES string of the molecule is Cc1ccc(Oc2nc3cc(-c4ccc5c(ccn5CC(=O)NCCOCCOCCOCCOc5ccc(NCC#Cc6cc7c(NC8CCN(C)CC8)cccc7n6CC(F)(F)F)cc5)c4)c(Cl)cc3[nH]2)cc1C(=O)O. The lowest BCUT2D eigenvalue weighted by Gasteiger charge is -2.30. The second-order valence-corrected chi connectivity index (χ2v) is 19.3. The third-order valence-corrected chi connectivity index (χ3v) is 13.5. The quantitative estimate of drug-likeness (QED) is 0.0286. The highest BCUT2D eigenvalue weighted by atomic mass is 35.5. The van der Waals surface area contributed by atoms with E-state index in [0.717, 1.165) is 64.7 Å². The first-order valence-electron chi connectivity index (χ1n) is 25.6. The number of anilines is 2. The molecule has 0 atom stereocenters. The number of piperidine rings is 1. The molecule has 1 amide bonds. The fourth-order valence-electron chi connectivity index (χ4n) is 9.21. The first-order chi connectivity index (χ1) is 37.7. The van der Waals surface area contributed by atoms with Crippen LogP contribution in [-0.2, 0) is 32.1 Å². The Bertz CT molecular complexity index is 3430. The molecule has 1 saturated heterocycles. The maximum Gasteiger partial charge on any atom is 0.406 e. The number of imidazole rings is 1. The molecule has 3 aromatic heterocycles. The van der Waals surface area contributed by atoms with Crippen LogP contribution in [0.2, 0.25) is 5.02 Å². The molecular formula is C58H60ClF3N8O8. The lowest BCUT2D eigenvalue weighted by atomic mass is 10.0. The zero-order valence-corrected chi connectivity index (χ0v) is 43.9. The van der Waals surface area contributed by atoms with Crippen molar-refractivity contribution in [3.63, 3.8) is 0 Å². The van der Waals surface area contributed by atoms with Gasteiger partial charge in [-0.1, -0.05) is 35.7 Å². The van der Waals surface area contributed by atoms with Crippen molar-refractivity contribution in [2.75, 3.05) is 90.1 Å². The summed E-state index contributed by atoms with van der Waals surface area (Å²) in [6.45, 7) is 5.77. The highest BCUT2D eigenvalue weighted by molar-refractivity contribution is 6.34. The molecule has 1 fully saturated rings. The van der Waals surface area contributed by atoms with Crippen LogP contribution in [0.25, 0.3) is 44.0 Å². The van der Waals surface area contributed by atoms with E-state index in [0.29, 0.717) is 97.1 Å². The molecule has 5 N–H and O–H groups in total. The Morgan fingerprint density at radius 1 is 0.859 bits per heavy atom. The predicted octanol–water partition coefficient (Wildman–Crippen LogP) is 10.4. The molecule has 9 rings (SSSR count). The summed E-state index contributed by atoms with van der Waals surface area (Å²) in [5.74, 6) is 5.77. The Kier molecular flexibility index (Phi) is 18.1. The zero-order valence-electron chi connectivity index (χ0n) is 43.2. The number of amides is 1. The molecule has 8 aromatic rings. The normalized spacial score (nSPS) is 13.2. The van der Waals surface area contributed by atoms with Gasteiger partial charge >= 0.3 is 12.1 Å². The number of halogens is 4. The van der Waals surface area contributed by atoms with Gasteiger partial charge < -0.3 is 63.8 Å². The smallest absolute Gasteiger partial charge is 0.406 e. The summed E-state index contributed by atoms with van der Waals surface area (Å²) >= 11 is 6.74. The van der Waals surface area contributed by atoms with Crippen molar-refractivity contribution < 1.29 is 51.6 Å². The van der Waals surface area contributed by atoms with Gasteiger partial charge in [-0.3, -0.25) is 4.79 Å². The van der Waals surface area contributed by atoms with E-state index in [2.05, 4.69) is 49.7 Å². The van der Waals surface area contributed by atoms with Crippen molar-refractivity contribution >= 4 is 67.7 Å². The summed E-state index contributed by atoms with van der Waals surface area (Å²) in [5.41, 5.74) is 6.97. The van der Waals surface area contributed by atoms with E-state index in [1.807, 2.05) is 71.4 Å². The standard InChI is InChI=1S/C58H60ClF3N8O8/c1-38-8-12-45(33-46(38)56(72)73)78-57-66-51-34-47(49(59)35-52(51)67-57)39-9-15-53-40(31-39)16-23-69(53)36-55(71)64-20-24-74-25-26-75-27-28-76-29-30-77-44-13-10-41(11-14-44)63-19-4-5-43-32-48-50(65-42-17-21-68(2)22-18-42)6-3-7-54(48)70(43)37-58(60,61)62/h3,6-16,23,31-35,42,63,65H,17-22,24-30,36-37H2,1-2H3,(H,64,71)(H,66,67)(H,72,73). The summed E-state index contributed by atoms with van der Waals surface area (Å²) < 4.78 is 72.8. The van der Waals surface area contributed by atoms with Crippen LogP contribution < -0.4 is 25.4 Å². The average Bonchev–Trinajstić information content (AvgIpc) is 4.16. The van der Waals surface area contributed by atoms with Crippen molar-refractivity contribution in [1.29, 1.82) is 0 Å². The van der Waals surface area contributed by atoms with Crippen molar-refractivity contribution in [3.8, 4) is 40.5 Å². The number of carbonyl (C=O) groups excluding carboxylic acids is 1. The number of carbonyl (C=O) groups is 2. The second-order valence-electron chi connectivity index (χ2n) is 18.9. The van der Waals surface area contributed by atoms with Crippen LogP contribution in [0.3, 0.4) is 0 Å². The molecule has 1 aliphatic rings. The molecule has 0 aliphatic carbocycles. The van der Waals surface area contributed by atoms with Crippen molar-refractivity contribution in [1.82, 2.24) is 29.3 Å². The molecule has 4 heterocycles. The van der Waals surface area contributed by atoms with Gasteiger partial charge in [0.05, 0.1) is 79.0 Å². The molecule has 0 saturated carbocycles. The van der Waals surface area contributed by atoms with Gasteiger partial charge in [-0.05, 0) is 142 Å². The molecule has 0 spiro atoms. The number of ether oxygens (including phenoxy) is 5. The maximum atomic E-state index is 13.7. The van der Waals surface area contributed by atoms with Crippen molar-refractivity contribution in [3.05, 3.63) is 131 Å². The number of aromatic amines is 1. The Hall–Kier alpha value is -7.73. The molecule has 0 radical (unpaired) electrons. The first kappa shape index (κ1) is 55.0. The fraction of sp³-hybridized carbons (Fsp3) is 0.328. The highest BCUT2D eigenvalue weighted by Crippen LogP contribution is 2.36. The Morgan fingerprint density at radius 3 is 2.36 bits per heavy atom. The van der Waals surface area contributed by atoms with Crippen LogP contribution >= 0.6 is 11.6 Å². The molecular weight excluding hydrogens is 1030 g/mol. The number of likely N-dealkylation sites (tertiary alicyclic amines) is 1. The summed E-state index contributed by atoms with van der Waals surface area (Å²) in [5, 5.41) is 21.3. The van der Waals surface area contributed by atoms with E-state index < -0.39 is 18.7 Å². The number of aromatic nitrogens is 4. The third-order valence-electron chi connectivity index (χ3n) is 13.2. The number of hydrogen-bond acceptors (Lipinski definition) is 11. The van der Waals surface area contributed by atoms with Crippen LogP contribution in [-0.4, -0.2) is 133 Å². The molecule has 78 heavy (non-hydrogen) atoms. The molecule has 16 nitrogen and oxygen atoms in total. The monoisotopic (exact) mass is 1090 g/mol. The van der Waals surface area contributed by atoms with E-state index in [1.165, 1.54) is 10.6 Å². The van der Waals surface area contributed by atoms with Gasteiger partial charge in [0.25, 0.3) is 6.01 Å². The second kappa shape index (κ2) is 25.6. The average molecular weight is 1090 g/mol. The Morgan fingerprint density at radius 2 is 1.60 bits per heavy atom.